The van der Waals surface area contributed by atoms with Crippen LogP contribution in [0.3, 0.4) is 0 Å². The van der Waals surface area contributed by atoms with E-state index in [2.05, 4.69) is 9.89 Å². The molecule has 1 aromatic carbocycles. The lowest BCUT2D eigenvalue weighted by molar-refractivity contribution is 0.0532. The fraction of sp³-hybridized carbons (Fsp3) is 0.533. The molecule has 0 amide bonds. The Morgan fingerprint density at radius 3 is 2.80 bits per heavy atom. The number of benzene rings is 1. The zero-order valence-corrected chi connectivity index (χ0v) is 12.4. The zero-order valence-electron chi connectivity index (χ0n) is 11.7. The second-order valence-corrected chi connectivity index (χ2v) is 6.09. The Hall–Kier alpha value is -1.26. The summed E-state index contributed by atoms with van der Waals surface area (Å²) in [6.07, 6.45) is 4.56. The van der Waals surface area contributed by atoms with Crippen LogP contribution in [-0.4, -0.2) is 31.3 Å². The summed E-state index contributed by atoms with van der Waals surface area (Å²) in [6, 6.07) is 7.84. The van der Waals surface area contributed by atoms with Crippen molar-refractivity contribution in [3.8, 4) is 0 Å². The molecule has 0 saturated heterocycles. The summed E-state index contributed by atoms with van der Waals surface area (Å²) in [4.78, 5) is 6.66. The second-order valence-electron chi connectivity index (χ2n) is 5.65. The summed E-state index contributed by atoms with van der Waals surface area (Å²) in [5, 5.41) is 0.725. The first-order valence-electron chi connectivity index (χ1n) is 7.03. The predicted octanol–water partition coefficient (Wildman–Crippen LogP) is 2.80. The molecule has 0 aromatic heterocycles. The minimum absolute atomic E-state index is 0.00377. The average Bonchev–Trinajstić information content (AvgIpc) is 2.77. The van der Waals surface area contributed by atoms with Crippen LogP contribution < -0.4 is 10.6 Å². The molecule has 1 aromatic rings. The van der Waals surface area contributed by atoms with Crippen LogP contribution in [0.4, 0.5) is 5.69 Å². The molecule has 0 atom stereocenters. The number of rotatable bonds is 2. The van der Waals surface area contributed by atoms with Gasteiger partial charge in [-0.05, 0) is 43.9 Å². The SMILES string of the molecule is COC1CCC2(CC1)CN=C(N)N2c1cccc(Cl)c1. The fourth-order valence-electron chi connectivity index (χ4n) is 3.38. The summed E-state index contributed by atoms with van der Waals surface area (Å²) < 4.78 is 5.47. The lowest BCUT2D eigenvalue weighted by Gasteiger charge is -2.43. The van der Waals surface area contributed by atoms with E-state index < -0.39 is 0 Å². The number of nitrogens with zero attached hydrogens (tertiary/aromatic N) is 2. The number of methoxy groups -OCH3 is 1. The topological polar surface area (TPSA) is 50.9 Å². The molecule has 3 rings (SSSR count). The molecule has 2 aliphatic rings. The summed E-state index contributed by atoms with van der Waals surface area (Å²) in [6.45, 7) is 0.766. The van der Waals surface area contributed by atoms with Gasteiger partial charge in [0.2, 0.25) is 0 Å². The van der Waals surface area contributed by atoms with Crippen molar-refractivity contribution in [2.45, 2.75) is 37.3 Å². The average molecular weight is 294 g/mol. The molecular weight excluding hydrogens is 274 g/mol. The monoisotopic (exact) mass is 293 g/mol. The highest BCUT2D eigenvalue weighted by atomic mass is 35.5. The molecule has 4 nitrogen and oxygen atoms in total. The molecule has 108 valence electrons. The first kappa shape index (κ1) is 13.7. The van der Waals surface area contributed by atoms with Gasteiger partial charge in [0, 0.05) is 17.8 Å². The quantitative estimate of drug-likeness (QED) is 0.912. The number of nitrogens with two attached hydrogens (primary N) is 1. The Morgan fingerprint density at radius 2 is 2.15 bits per heavy atom. The van der Waals surface area contributed by atoms with E-state index in [9.17, 15) is 0 Å². The van der Waals surface area contributed by atoms with E-state index in [4.69, 9.17) is 22.1 Å². The molecule has 1 fully saturated rings. The number of anilines is 1. The number of halogens is 1. The van der Waals surface area contributed by atoms with Crippen LogP contribution in [0.5, 0.6) is 0 Å². The largest absolute Gasteiger partial charge is 0.381 e. The third-order valence-electron chi connectivity index (χ3n) is 4.50. The third-order valence-corrected chi connectivity index (χ3v) is 4.74. The molecule has 1 aliphatic carbocycles. The van der Waals surface area contributed by atoms with Crippen molar-refractivity contribution in [2.24, 2.45) is 10.7 Å². The Morgan fingerprint density at radius 1 is 1.40 bits per heavy atom. The van der Waals surface area contributed by atoms with Crippen LogP contribution in [0, 0.1) is 0 Å². The normalized spacial score (nSPS) is 29.8. The first-order valence-corrected chi connectivity index (χ1v) is 7.41. The van der Waals surface area contributed by atoms with E-state index in [-0.39, 0.29) is 5.54 Å². The smallest absolute Gasteiger partial charge is 0.196 e. The molecule has 2 N–H and O–H groups in total. The van der Waals surface area contributed by atoms with Crippen molar-refractivity contribution in [1.29, 1.82) is 0 Å². The highest BCUT2D eigenvalue weighted by Crippen LogP contribution is 2.40. The number of ether oxygens (including phenoxy) is 1. The van der Waals surface area contributed by atoms with Crippen molar-refractivity contribution in [2.75, 3.05) is 18.6 Å². The molecule has 0 unspecified atom stereocenters. The number of hydrogen-bond donors (Lipinski definition) is 1. The van der Waals surface area contributed by atoms with Crippen molar-refractivity contribution in [3.63, 3.8) is 0 Å². The Bertz CT molecular complexity index is 524. The molecular formula is C15H20ClN3O. The van der Waals surface area contributed by atoms with Gasteiger partial charge in [0.25, 0.3) is 0 Å². The maximum atomic E-state index is 6.14. The van der Waals surface area contributed by atoms with E-state index in [1.165, 1.54) is 0 Å². The third kappa shape index (κ3) is 2.27. The van der Waals surface area contributed by atoms with Gasteiger partial charge >= 0.3 is 0 Å². The van der Waals surface area contributed by atoms with Crippen LogP contribution in [0.25, 0.3) is 0 Å². The van der Waals surface area contributed by atoms with Gasteiger partial charge in [0.15, 0.2) is 5.96 Å². The van der Waals surface area contributed by atoms with Gasteiger partial charge < -0.3 is 15.4 Å². The molecule has 20 heavy (non-hydrogen) atoms. The Kier molecular flexibility index (Phi) is 3.61. The van der Waals surface area contributed by atoms with E-state index >= 15 is 0 Å². The van der Waals surface area contributed by atoms with Crippen molar-refractivity contribution < 1.29 is 4.74 Å². The molecule has 1 saturated carbocycles. The summed E-state index contributed by atoms with van der Waals surface area (Å²) in [5.74, 6) is 0.600. The molecule has 1 spiro atoms. The van der Waals surface area contributed by atoms with Gasteiger partial charge in [-0.1, -0.05) is 17.7 Å². The van der Waals surface area contributed by atoms with Crippen LogP contribution >= 0.6 is 11.6 Å². The summed E-state index contributed by atoms with van der Waals surface area (Å²) >= 11 is 6.12. The zero-order chi connectivity index (χ0) is 14.2. The minimum atomic E-state index is 0.00377. The van der Waals surface area contributed by atoms with Gasteiger partial charge in [0.1, 0.15) is 0 Å². The van der Waals surface area contributed by atoms with Crippen LogP contribution in [0.2, 0.25) is 5.02 Å². The lowest BCUT2D eigenvalue weighted by atomic mass is 9.79. The van der Waals surface area contributed by atoms with Gasteiger partial charge in [-0.3, -0.25) is 4.99 Å². The summed E-state index contributed by atoms with van der Waals surface area (Å²) in [5.41, 5.74) is 7.17. The highest BCUT2D eigenvalue weighted by molar-refractivity contribution is 6.31. The van der Waals surface area contributed by atoms with Gasteiger partial charge in [-0.25, -0.2) is 0 Å². The lowest BCUT2D eigenvalue weighted by Crippen LogP contribution is -2.54. The standard InChI is InChI=1S/C15H20ClN3O/c1-20-13-5-7-15(8-6-13)10-18-14(17)19(15)12-4-2-3-11(16)9-12/h2-4,9,13H,5-8,10H2,1H3,(H2,17,18). The van der Waals surface area contributed by atoms with E-state index in [0.29, 0.717) is 12.1 Å². The van der Waals surface area contributed by atoms with Crippen molar-refractivity contribution in [1.82, 2.24) is 0 Å². The fourth-order valence-corrected chi connectivity index (χ4v) is 3.56. The Balaban J connectivity index is 1.89. The minimum Gasteiger partial charge on any atom is -0.381 e. The maximum absolute atomic E-state index is 6.14. The molecule has 1 heterocycles. The predicted molar refractivity (Wildman–Crippen MR) is 82.4 cm³/mol. The maximum Gasteiger partial charge on any atom is 0.196 e. The van der Waals surface area contributed by atoms with E-state index in [0.717, 1.165) is 42.9 Å². The summed E-state index contributed by atoms with van der Waals surface area (Å²) in [7, 11) is 1.79. The van der Waals surface area contributed by atoms with Gasteiger partial charge in [-0.2, -0.15) is 0 Å². The van der Waals surface area contributed by atoms with Crippen molar-refractivity contribution in [3.05, 3.63) is 29.3 Å². The highest BCUT2D eigenvalue weighted by Gasteiger charge is 2.45. The van der Waals surface area contributed by atoms with Gasteiger partial charge in [0.05, 0.1) is 18.2 Å². The molecule has 1 aliphatic heterocycles. The number of guanidine groups is 1. The van der Waals surface area contributed by atoms with Crippen LogP contribution in [0.15, 0.2) is 29.3 Å². The number of aliphatic imine (C=N–C) groups is 1. The molecule has 0 bridgehead atoms. The molecule has 5 heteroatoms. The van der Waals surface area contributed by atoms with E-state index in [1.807, 2.05) is 24.3 Å². The van der Waals surface area contributed by atoms with Crippen LogP contribution in [0.1, 0.15) is 25.7 Å². The second kappa shape index (κ2) is 5.26. The number of hydrogen-bond acceptors (Lipinski definition) is 4. The molecule has 0 radical (unpaired) electrons. The van der Waals surface area contributed by atoms with Crippen molar-refractivity contribution >= 4 is 23.2 Å². The Labute approximate surface area is 124 Å². The first-order chi connectivity index (χ1) is 9.64. The van der Waals surface area contributed by atoms with E-state index in [1.54, 1.807) is 7.11 Å². The van der Waals surface area contributed by atoms with Crippen LogP contribution in [-0.2, 0) is 4.74 Å². The van der Waals surface area contributed by atoms with Gasteiger partial charge in [-0.15, -0.1) is 0 Å².